The number of aromatic nitrogens is 2. The third kappa shape index (κ3) is 3.44. The number of nitrogen functional groups attached to an aromatic ring is 1. The lowest BCUT2D eigenvalue weighted by Crippen LogP contribution is -2.22. The number of nitrogens with two attached hydrogens (primary N) is 1. The van der Waals surface area contributed by atoms with E-state index in [1.54, 1.807) is 10.9 Å². The van der Waals surface area contributed by atoms with Gasteiger partial charge in [-0.1, -0.05) is 12.1 Å². The van der Waals surface area contributed by atoms with Gasteiger partial charge in [-0.2, -0.15) is 0 Å². The molecular weight excluding hydrogens is 306 g/mol. The normalized spacial score (nSPS) is 10.6. The standard InChI is InChI=1S/C14H16BrN3O/c1-10-13(15)14(19)18(9-17-10)7-3-5-11-4-2-6-12(16)8-11/h2,4,6,8-9H,3,5,7,16H2,1H3. The summed E-state index contributed by atoms with van der Waals surface area (Å²) in [5, 5.41) is 0. The van der Waals surface area contributed by atoms with Crippen molar-refractivity contribution in [2.75, 3.05) is 5.73 Å². The summed E-state index contributed by atoms with van der Waals surface area (Å²) in [7, 11) is 0. The molecule has 5 heteroatoms. The third-order valence-corrected chi connectivity index (χ3v) is 3.89. The van der Waals surface area contributed by atoms with Gasteiger partial charge in [0.15, 0.2) is 0 Å². The lowest BCUT2D eigenvalue weighted by molar-refractivity contribution is 0.606. The molecule has 4 nitrogen and oxygen atoms in total. The predicted octanol–water partition coefficient (Wildman–Crippen LogP) is 2.53. The van der Waals surface area contributed by atoms with E-state index >= 15 is 0 Å². The highest BCUT2D eigenvalue weighted by Crippen LogP contribution is 2.10. The van der Waals surface area contributed by atoms with Crippen LogP contribution in [0.25, 0.3) is 0 Å². The van der Waals surface area contributed by atoms with Gasteiger partial charge in [0.1, 0.15) is 4.47 Å². The second kappa shape index (κ2) is 6.02. The van der Waals surface area contributed by atoms with Crippen LogP contribution in [0.1, 0.15) is 17.7 Å². The SMILES string of the molecule is Cc1ncn(CCCc2cccc(N)c2)c(=O)c1Br. The Morgan fingerprint density at radius 1 is 1.42 bits per heavy atom. The fourth-order valence-corrected chi connectivity index (χ4v) is 2.24. The van der Waals surface area contributed by atoms with Crippen molar-refractivity contribution < 1.29 is 0 Å². The van der Waals surface area contributed by atoms with E-state index in [0.29, 0.717) is 11.0 Å². The van der Waals surface area contributed by atoms with Crippen molar-refractivity contribution in [1.82, 2.24) is 9.55 Å². The smallest absolute Gasteiger partial charge is 0.267 e. The van der Waals surface area contributed by atoms with Crippen LogP contribution in [0.2, 0.25) is 0 Å². The lowest BCUT2D eigenvalue weighted by Gasteiger charge is -2.07. The maximum atomic E-state index is 11.9. The van der Waals surface area contributed by atoms with E-state index in [2.05, 4.69) is 20.9 Å². The molecule has 19 heavy (non-hydrogen) atoms. The summed E-state index contributed by atoms with van der Waals surface area (Å²) in [6, 6.07) is 7.82. The number of nitrogens with zero attached hydrogens (tertiary/aromatic N) is 2. The van der Waals surface area contributed by atoms with Gasteiger partial charge in [-0.15, -0.1) is 0 Å². The van der Waals surface area contributed by atoms with Gasteiger partial charge in [0, 0.05) is 12.2 Å². The molecule has 2 N–H and O–H groups in total. The molecule has 0 unspecified atom stereocenters. The van der Waals surface area contributed by atoms with Crippen molar-refractivity contribution in [2.45, 2.75) is 26.3 Å². The van der Waals surface area contributed by atoms with Crippen LogP contribution in [0.3, 0.4) is 0 Å². The molecule has 0 bridgehead atoms. The number of rotatable bonds is 4. The molecule has 0 fully saturated rings. The molecule has 0 saturated carbocycles. The Morgan fingerprint density at radius 2 is 2.21 bits per heavy atom. The fourth-order valence-electron chi connectivity index (χ4n) is 1.91. The molecule has 100 valence electrons. The molecule has 0 amide bonds. The molecule has 0 aliphatic heterocycles. The Morgan fingerprint density at radius 3 is 2.95 bits per heavy atom. The quantitative estimate of drug-likeness (QED) is 0.880. The lowest BCUT2D eigenvalue weighted by atomic mass is 10.1. The Labute approximate surface area is 120 Å². The van der Waals surface area contributed by atoms with Gasteiger partial charge in [0.05, 0.1) is 12.0 Å². The van der Waals surface area contributed by atoms with E-state index in [1.165, 1.54) is 5.56 Å². The van der Waals surface area contributed by atoms with Crippen molar-refractivity contribution in [2.24, 2.45) is 0 Å². The Kier molecular flexibility index (Phi) is 4.37. The number of hydrogen-bond acceptors (Lipinski definition) is 3. The molecule has 0 aliphatic carbocycles. The second-order valence-corrected chi connectivity index (χ2v) is 5.28. The largest absolute Gasteiger partial charge is 0.399 e. The van der Waals surface area contributed by atoms with E-state index in [1.807, 2.05) is 31.2 Å². The van der Waals surface area contributed by atoms with Crippen molar-refractivity contribution in [3.8, 4) is 0 Å². The molecule has 1 aromatic carbocycles. The van der Waals surface area contributed by atoms with Gasteiger partial charge in [0.2, 0.25) is 0 Å². The minimum absolute atomic E-state index is 0.0277. The summed E-state index contributed by atoms with van der Waals surface area (Å²) in [5.74, 6) is 0. The average molecular weight is 322 g/mol. The van der Waals surface area contributed by atoms with E-state index in [-0.39, 0.29) is 5.56 Å². The van der Waals surface area contributed by atoms with Crippen LogP contribution in [0, 0.1) is 6.92 Å². The predicted molar refractivity (Wildman–Crippen MR) is 80.1 cm³/mol. The van der Waals surface area contributed by atoms with E-state index < -0.39 is 0 Å². The van der Waals surface area contributed by atoms with Crippen molar-refractivity contribution in [3.63, 3.8) is 0 Å². The maximum absolute atomic E-state index is 11.9. The molecule has 0 spiro atoms. The van der Waals surface area contributed by atoms with Crippen LogP contribution in [0.15, 0.2) is 39.9 Å². The first-order valence-electron chi connectivity index (χ1n) is 6.14. The number of aryl methyl sites for hydroxylation is 3. The second-order valence-electron chi connectivity index (χ2n) is 4.49. The highest BCUT2D eigenvalue weighted by atomic mass is 79.9. The minimum Gasteiger partial charge on any atom is -0.399 e. The molecule has 0 radical (unpaired) electrons. The first kappa shape index (κ1) is 13.8. The topological polar surface area (TPSA) is 60.9 Å². The highest BCUT2D eigenvalue weighted by molar-refractivity contribution is 9.10. The van der Waals surface area contributed by atoms with E-state index in [9.17, 15) is 4.79 Å². The number of halogens is 1. The molecule has 1 aromatic heterocycles. The van der Waals surface area contributed by atoms with Gasteiger partial charge < -0.3 is 5.73 Å². The minimum atomic E-state index is -0.0277. The van der Waals surface area contributed by atoms with Crippen LogP contribution in [-0.2, 0) is 13.0 Å². The molecule has 0 atom stereocenters. The van der Waals surface area contributed by atoms with E-state index in [0.717, 1.165) is 24.2 Å². The first-order chi connectivity index (χ1) is 9.08. The zero-order chi connectivity index (χ0) is 13.8. The molecular formula is C14H16BrN3O. The maximum Gasteiger partial charge on any atom is 0.267 e. The summed E-state index contributed by atoms with van der Waals surface area (Å²) in [6.07, 6.45) is 3.37. The van der Waals surface area contributed by atoms with Crippen LogP contribution in [0.5, 0.6) is 0 Å². The van der Waals surface area contributed by atoms with Crippen molar-refractivity contribution in [1.29, 1.82) is 0 Å². The highest BCUT2D eigenvalue weighted by Gasteiger charge is 2.05. The zero-order valence-corrected chi connectivity index (χ0v) is 12.4. The molecule has 2 rings (SSSR count). The summed E-state index contributed by atoms with van der Waals surface area (Å²) in [6.45, 7) is 2.46. The Bertz CT molecular complexity index is 637. The Balaban J connectivity index is 2.00. The van der Waals surface area contributed by atoms with Gasteiger partial charge in [-0.25, -0.2) is 4.98 Å². The Hall–Kier alpha value is -1.62. The van der Waals surface area contributed by atoms with Crippen molar-refractivity contribution >= 4 is 21.6 Å². The first-order valence-corrected chi connectivity index (χ1v) is 6.93. The fraction of sp³-hybridized carbons (Fsp3) is 0.286. The molecule has 2 aromatic rings. The van der Waals surface area contributed by atoms with Gasteiger partial charge in [-0.3, -0.25) is 9.36 Å². The van der Waals surface area contributed by atoms with Crippen LogP contribution < -0.4 is 11.3 Å². The number of hydrogen-bond donors (Lipinski definition) is 1. The van der Waals surface area contributed by atoms with Gasteiger partial charge >= 0.3 is 0 Å². The molecule has 0 saturated heterocycles. The average Bonchev–Trinajstić information content (AvgIpc) is 2.39. The summed E-state index contributed by atoms with van der Waals surface area (Å²) in [5.41, 5.74) is 8.38. The van der Waals surface area contributed by atoms with Gasteiger partial charge in [-0.05, 0) is 53.4 Å². The summed E-state index contributed by atoms with van der Waals surface area (Å²) < 4.78 is 2.17. The summed E-state index contributed by atoms with van der Waals surface area (Å²) >= 11 is 3.26. The van der Waals surface area contributed by atoms with E-state index in [4.69, 9.17) is 5.73 Å². The molecule has 0 aliphatic rings. The molecule has 1 heterocycles. The number of benzene rings is 1. The third-order valence-electron chi connectivity index (χ3n) is 2.97. The van der Waals surface area contributed by atoms with Crippen LogP contribution in [0.4, 0.5) is 5.69 Å². The van der Waals surface area contributed by atoms with Crippen LogP contribution >= 0.6 is 15.9 Å². The van der Waals surface area contributed by atoms with Crippen molar-refractivity contribution in [3.05, 3.63) is 56.7 Å². The summed E-state index contributed by atoms with van der Waals surface area (Å²) in [4.78, 5) is 16.1. The zero-order valence-electron chi connectivity index (χ0n) is 10.8. The van der Waals surface area contributed by atoms with Crippen LogP contribution in [-0.4, -0.2) is 9.55 Å². The number of anilines is 1. The van der Waals surface area contributed by atoms with Gasteiger partial charge in [0.25, 0.3) is 5.56 Å². The monoisotopic (exact) mass is 321 g/mol.